The first kappa shape index (κ1) is 22.8. The highest BCUT2D eigenvalue weighted by Crippen LogP contribution is 2.44. The van der Waals surface area contributed by atoms with E-state index in [0.29, 0.717) is 6.42 Å². The Morgan fingerprint density at radius 1 is 1.12 bits per heavy atom. The van der Waals surface area contributed by atoms with Crippen molar-refractivity contribution >= 4 is 18.0 Å². The molecule has 8 heteroatoms. The predicted molar refractivity (Wildman–Crippen MR) is 121 cm³/mol. The summed E-state index contributed by atoms with van der Waals surface area (Å²) >= 11 is 0. The summed E-state index contributed by atoms with van der Waals surface area (Å²) in [6.07, 6.45) is -0.120. The molecular weight excluding hydrogens is 424 g/mol. The second kappa shape index (κ2) is 9.23. The Hall–Kier alpha value is -3.39. The van der Waals surface area contributed by atoms with Gasteiger partial charge in [0, 0.05) is 26.0 Å². The van der Waals surface area contributed by atoms with Crippen LogP contribution in [0.4, 0.5) is 4.79 Å². The molecule has 1 heterocycles. The number of fused-ring (bicyclic) bond motifs is 3. The minimum Gasteiger partial charge on any atom is -0.479 e. The summed E-state index contributed by atoms with van der Waals surface area (Å²) in [7, 11) is 1.33. The smallest absolute Gasteiger partial charge is 0.407 e. The van der Waals surface area contributed by atoms with Crippen LogP contribution in [0.25, 0.3) is 11.1 Å². The summed E-state index contributed by atoms with van der Waals surface area (Å²) in [5.41, 5.74) is 3.08. The second-order valence-electron chi connectivity index (χ2n) is 8.44. The first-order chi connectivity index (χ1) is 15.9. The number of amides is 2. The Bertz CT molecular complexity index is 1020. The third-order valence-corrected chi connectivity index (χ3v) is 6.67. The van der Waals surface area contributed by atoms with E-state index in [9.17, 15) is 19.5 Å². The summed E-state index contributed by atoms with van der Waals surface area (Å²) in [5, 5.41) is 12.1. The lowest BCUT2D eigenvalue weighted by molar-refractivity contribution is -0.161. The summed E-state index contributed by atoms with van der Waals surface area (Å²) in [6.45, 7) is 2.13. The van der Waals surface area contributed by atoms with E-state index in [2.05, 4.69) is 17.4 Å². The molecule has 0 radical (unpaired) electrons. The highest BCUT2D eigenvalue weighted by molar-refractivity contribution is 5.88. The van der Waals surface area contributed by atoms with Crippen LogP contribution >= 0.6 is 0 Å². The van der Waals surface area contributed by atoms with Gasteiger partial charge in [0.05, 0.1) is 6.54 Å². The lowest BCUT2D eigenvalue weighted by atomic mass is 9.98. The summed E-state index contributed by atoms with van der Waals surface area (Å²) in [6, 6.07) is 15.3. The molecular formula is C25H28N2O6. The average Bonchev–Trinajstić information content (AvgIpc) is 3.42. The highest BCUT2D eigenvalue weighted by atomic mass is 16.5. The van der Waals surface area contributed by atoms with Gasteiger partial charge < -0.3 is 24.8 Å². The van der Waals surface area contributed by atoms with E-state index >= 15 is 0 Å². The molecule has 2 N–H and O–H groups in total. The van der Waals surface area contributed by atoms with E-state index in [1.54, 1.807) is 6.92 Å². The van der Waals surface area contributed by atoms with E-state index in [-0.39, 0.29) is 37.9 Å². The van der Waals surface area contributed by atoms with E-state index in [1.807, 2.05) is 36.4 Å². The predicted octanol–water partition coefficient (Wildman–Crippen LogP) is 3.01. The van der Waals surface area contributed by atoms with Gasteiger partial charge >= 0.3 is 12.1 Å². The van der Waals surface area contributed by atoms with Gasteiger partial charge in [-0.25, -0.2) is 9.59 Å². The zero-order valence-corrected chi connectivity index (χ0v) is 18.7. The number of hydrogen-bond donors (Lipinski definition) is 2. The van der Waals surface area contributed by atoms with Crippen molar-refractivity contribution in [1.29, 1.82) is 0 Å². The largest absolute Gasteiger partial charge is 0.479 e. The minimum absolute atomic E-state index is 0.0550. The number of rotatable bonds is 7. The average molecular weight is 453 g/mol. The molecule has 4 rings (SSSR count). The highest BCUT2D eigenvalue weighted by Gasteiger charge is 2.47. The van der Waals surface area contributed by atoms with E-state index in [4.69, 9.17) is 9.47 Å². The molecule has 1 aliphatic carbocycles. The van der Waals surface area contributed by atoms with Crippen LogP contribution in [0.15, 0.2) is 48.5 Å². The second-order valence-corrected chi connectivity index (χ2v) is 8.44. The molecule has 2 atom stereocenters. The number of nitrogens with zero attached hydrogens (tertiary/aromatic N) is 1. The number of carbonyl (C=O) groups excluding carboxylic acids is 2. The Morgan fingerprint density at radius 3 is 2.24 bits per heavy atom. The number of benzene rings is 2. The van der Waals surface area contributed by atoms with Crippen LogP contribution in [-0.4, -0.2) is 66.4 Å². The molecule has 0 bridgehead atoms. The molecule has 33 heavy (non-hydrogen) atoms. The van der Waals surface area contributed by atoms with Gasteiger partial charge in [-0.05, 0) is 28.7 Å². The number of alkyl carbamates (subject to hydrolysis) is 1. The molecule has 1 unspecified atom stereocenters. The molecule has 8 nitrogen and oxygen atoms in total. The molecule has 1 saturated heterocycles. The zero-order chi connectivity index (χ0) is 23.6. The maximum absolute atomic E-state index is 12.9. The van der Waals surface area contributed by atoms with Gasteiger partial charge in [0.1, 0.15) is 12.6 Å². The van der Waals surface area contributed by atoms with Crippen molar-refractivity contribution in [2.75, 3.05) is 26.8 Å². The van der Waals surface area contributed by atoms with Crippen LogP contribution in [0, 0.1) is 0 Å². The van der Waals surface area contributed by atoms with Gasteiger partial charge in [-0.1, -0.05) is 55.5 Å². The van der Waals surface area contributed by atoms with Crippen LogP contribution in [0.5, 0.6) is 0 Å². The number of ether oxygens (including phenoxy) is 2. The van der Waals surface area contributed by atoms with Crippen molar-refractivity contribution in [3.8, 4) is 11.1 Å². The van der Waals surface area contributed by atoms with Crippen LogP contribution in [-0.2, 0) is 19.1 Å². The Kier molecular flexibility index (Phi) is 6.37. The quantitative estimate of drug-likeness (QED) is 0.669. The van der Waals surface area contributed by atoms with Crippen LogP contribution < -0.4 is 5.32 Å². The number of nitrogens with one attached hydrogen (secondary N) is 1. The zero-order valence-electron chi connectivity index (χ0n) is 18.7. The first-order valence-electron chi connectivity index (χ1n) is 11.1. The number of likely N-dealkylation sites (tertiary alicyclic amines) is 1. The fourth-order valence-electron chi connectivity index (χ4n) is 4.74. The van der Waals surface area contributed by atoms with Crippen molar-refractivity contribution in [3.63, 3.8) is 0 Å². The molecule has 2 aliphatic rings. The number of hydrogen-bond acceptors (Lipinski definition) is 5. The molecule has 0 aromatic heterocycles. The number of carbonyl (C=O) groups is 3. The maximum atomic E-state index is 12.9. The normalized spacial score (nSPS) is 20.1. The number of methoxy groups -OCH3 is 1. The van der Waals surface area contributed by atoms with Crippen LogP contribution in [0.1, 0.15) is 36.8 Å². The number of carboxylic acids is 1. The van der Waals surface area contributed by atoms with E-state index < -0.39 is 23.7 Å². The van der Waals surface area contributed by atoms with Crippen molar-refractivity contribution in [3.05, 3.63) is 59.7 Å². The SMILES string of the molecule is CC[C@H](NC(=O)OCC1c2ccccc2-c2ccccc21)C(=O)N1CCC(OC)(C(=O)O)C1. The standard InChI is InChI=1S/C25H28N2O6/c1-3-21(22(28)27-13-12-25(15-27,32-2)23(29)30)26-24(31)33-14-20-18-10-6-4-8-16(18)17-9-5-7-11-19(17)20/h4-11,20-21H,3,12-15H2,1-2H3,(H,26,31)(H,29,30)/t21-,25?/m0/s1. The number of carboxylic acid groups (broad SMARTS) is 1. The monoisotopic (exact) mass is 452 g/mol. The lowest BCUT2D eigenvalue weighted by Gasteiger charge is -2.26. The van der Waals surface area contributed by atoms with Gasteiger partial charge in [0.2, 0.25) is 5.91 Å². The Labute approximate surface area is 192 Å². The summed E-state index contributed by atoms with van der Waals surface area (Å²) < 4.78 is 10.7. The molecule has 0 saturated carbocycles. The van der Waals surface area contributed by atoms with E-state index in [0.717, 1.165) is 22.3 Å². The molecule has 174 valence electrons. The van der Waals surface area contributed by atoms with Gasteiger partial charge in [0.25, 0.3) is 0 Å². The fourth-order valence-corrected chi connectivity index (χ4v) is 4.74. The number of aliphatic carboxylic acids is 1. The van der Waals surface area contributed by atoms with Crippen molar-refractivity contribution in [1.82, 2.24) is 10.2 Å². The van der Waals surface area contributed by atoms with Crippen molar-refractivity contribution < 1.29 is 29.0 Å². The fraction of sp³-hybridized carbons (Fsp3) is 0.400. The van der Waals surface area contributed by atoms with Crippen LogP contribution in [0.3, 0.4) is 0 Å². The van der Waals surface area contributed by atoms with Gasteiger partial charge in [-0.15, -0.1) is 0 Å². The Balaban J connectivity index is 1.39. The molecule has 2 aromatic carbocycles. The topological polar surface area (TPSA) is 105 Å². The van der Waals surface area contributed by atoms with Crippen molar-refractivity contribution in [2.24, 2.45) is 0 Å². The lowest BCUT2D eigenvalue weighted by Crippen LogP contribution is -2.50. The first-order valence-corrected chi connectivity index (χ1v) is 11.1. The third-order valence-electron chi connectivity index (χ3n) is 6.67. The Morgan fingerprint density at radius 2 is 1.73 bits per heavy atom. The molecule has 0 spiro atoms. The molecule has 1 fully saturated rings. The van der Waals surface area contributed by atoms with Gasteiger partial charge in [0.15, 0.2) is 5.60 Å². The summed E-state index contributed by atoms with van der Waals surface area (Å²) in [5.74, 6) is -1.51. The molecule has 1 aliphatic heterocycles. The summed E-state index contributed by atoms with van der Waals surface area (Å²) in [4.78, 5) is 38.5. The van der Waals surface area contributed by atoms with Crippen molar-refractivity contribution in [2.45, 2.75) is 37.3 Å². The minimum atomic E-state index is -1.41. The molecule has 2 amide bonds. The van der Waals surface area contributed by atoms with Gasteiger partial charge in [-0.2, -0.15) is 0 Å². The van der Waals surface area contributed by atoms with Crippen LogP contribution in [0.2, 0.25) is 0 Å². The molecule has 2 aromatic rings. The van der Waals surface area contributed by atoms with E-state index in [1.165, 1.54) is 12.0 Å². The maximum Gasteiger partial charge on any atom is 0.407 e. The third kappa shape index (κ3) is 4.18. The van der Waals surface area contributed by atoms with Gasteiger partial charge in [-0.3, -0.25) is 4.79 Å².